The number of nitrogens with one attached hydrogen (secondary N) is 2. The van der Waals surface area contributed by atoms with E-state index in [0.29, 0.717) is 32.4 Å². The van der Waals surface area contributed by atoms with Crippen LogP contribution in [0, 0.1) is 6.92 Å². The highest BCUT2D eigenvalue weighted by Crippen LogP contribution is 2.30. The third-order valence-corrected chi connectivity index (χ3v) is 5.47. The standard InChI is InChI=1S/C17H17N5O5S2/c1-9-6-12(22-27-9)15(24)19-16-20-21-17(29-16)28-8-14(23)18-11-7-10(25-2)4-5-13(11)26-3/h4-7H,8H2,1-3H3,(H,18,23)(H,19,20,24). The summed E-state index contributed by atoms with van der Waals surface area (Å²) >= 11 is 2.34. The van der Waals surface area contributed by atoms with E-state index in [0.717, 1.165) is 11.3 Å². The van der Waals surface area contributed by atoms with Crippen LogP contribution in [-0.4, -0.2) is 47.1 Å². The van der Waals surface area contributed by atoms with Gasteiger partial charge < -0.3 is 19.3 Å². The fourth-order valence-corrected chi connectivity index (χ4v) is 3.73. The zero-order valence-electron chi connectivity index (χ0n) is 15.7. The number of hydrogen-bond donors (Lipinski definition) is 2. The summed E-state index contributed by atoms with van der Waals surface area (Å²) in [5.74, 6) is 1.06. The van der Waals surface area contributed by atoms with Crippen LogP contribution >= 0.6 is 23.1 Å². The van der Waals surface area contributed by atoms with Crippen LogP contribution in [0.2, 0.25) is 0 Å². The second-order valence-corrected chi connectivity index (χ2v) is 7.75. The summed E-state index contributed by atoms with van der Waals surface area (Å²) in [4.78, 5) is 24.3. The maximum atomic E-state index is 12.3. The first-order valence-electron chi connectivity index (χ1n) is 8.21. The monoisotopic (exact) mass is 435 g/mol. The van der Waals surface area contributed by atoms with Crippen LogP contribution in [0.4, 0.5) is 10.8 Å². The van der Waals surface area contributed by atoms with Crippen LogP contribution in [0.3, 0.4) is 0 Å². The molecule has 1 aromatic carbocycles. The molecule has 0 saturated carbocycles. The number of hydrogen-bond acceptors (Lipinski definition) is 10. The van der Waals surface area contributed by atoms with E-state index in [2.05, 4.69) is 26.0 Å². The summed E-state index contributed by atoms with van der Waals surface area (Å²) in [6.45, 7) is 1.69. The molecule has 0 fully saturated rings. The maximum absolute atomic E-state index is 12.3. The Hall–Kier alpha value is -3.12. The predicted octanol–water partition coefficient (Wildman–Crippen LogP) is 2.83. The summed E-state index contributed by atoms with van der Waals surface area (Å²) in [5, 5.41) is 17.1. The molecule has 0 saturated heterocycles. The molecule has 29 heavy (non-hydrogen) atoms. The van der Waals surface area contributed by atoms with Crippen LogP contribution in [-0.2, 0) is 4.79 Å². The molecule has 2 amide bonds. The van der Waals surface area contributed by atoms with Crippen molar-refractivity contribution in [3.63, 3.8) is 0 Å². The maximum Gasteiger partial charge on any atom is 0.279 e. The Kier molecular flexibility index (Phi) is 6.67. The number of methoxy groups -OCH3 is 2. The summed E-state index contributed by atoms with van der Waals surface area (Å²) < 4.78 is 15.8. The number of benzene rings is 1. The van der Waals surface area contributed by atoms with Crippen molar-refractivity contribution in [1.29, 1.82) is 0 Å². The van der Waals surface area contributed by atoms with E-state index >= 15 is 0 Å². The van der Waals surface area contributed by atoms with Crippen molar-refractivity contribution in [2.45, 2.75) is 11.3 Å². The number of anilines is 2. The van der Waals surface area contributed by atoms with E-state index in [4.69, 9.17) is 14.0 Å². The quantitative estimate of drug-likeness (QED) is 0.405. The van der Waals surface area contributed by atoms with Gasteiger partial charge >= 0.3 is 0 Å². The molecule has 10 nitrogen and oxygen atoms in total. The number of carbonyl (C=O) groups excluding carboxylic acids is 2. The smallest absolute Gasteiger partial charge is 0.279 e. The number of thioether (sulfide) groups is 1. The van der Waals surface area contributed by atoms with Gasteiger partial charge in [-0.2, -0.15) is 0 Å². The van der Waals surface area contributed by atoms with E-state index < -0.39 is 5.91 Å². The topological polar surface area (TPSA) is 128 Å². The van der Waals surface area contributed by atoms with E-state index in [1.165, 1.54) is 24.9 Å². The lowest BCUT2D eigenvalue weighted by Gasteiger charge is -2.11. The largest absolute Gasteiger partial charge is 0.497 e. The van der Waals surface area contributed by atoms with Crippen molar-refractivity contribution in [3.8, 4) is 11.5 Å². The molecule has 3 aromatic rings. The molecule has 0 radical (unpaired) electrons. The third kappa shape index (κ3) is 5.45. The Morgan fingerprint density at radius 2 is 2.00 bits per heavy atom. The second kappa shape index (κ2) is 9.39. The van der Waals surface area contributed by atoms with Gasteiger partial charge in [0.1, 0.15) is 17.3 Å². The molecule has 12 heteroatoms. The summed E-state index contributed by atoms with van der Waals surface area (Å²) in [6.07, 6.45) is 0. The van der Waals surface area contributed by atoms with Gasteiger partial charge in [0.2, 0.25) is 11.0 Å². The first-order chi connectivity index (χ1) is 14.0. The number of amides is 2. The number of aryl methyl sites for hydroxylation is 1. The number of aromatic nitrogens is 3. The van der Waals surface area contributed by atoms with Gasteiger partial charge in [-0.1, -0.05) is 28.3 Å². The minimum atomic E-state index is -0.447. The summed E-state index contributed by atoms with van der Waals surface area (Å²) in [7, 11) is 3.06. The van der Waals surface area contributed by atoms with Gasteiger partial charge in [-0.25, -0.2) is 0 Å². The highest BCUT2D eigenvalue weighted by molar-refractivity contribution is 8.01. The number of nitrogens with zero attached hydrogens (tertiary/aromatic N) is 3. The zero-order valence-corrected chi connectivity index (χ0v) is 17.3. The minimum Gasteiger partial charge on any atom is -0.497 e. The van der Waals surface area contributed by atoms with Crippen LogP contribution < -0.4 is 20.1 Å². The van der Waals surface area contributed by atoms with Crippen molar-refractivity contribution >= 4 is 45.7 Å². The highest BCUT2D eigenvalue weighted by atomic mass is 32.2. The van der Waals surface area contributed by atoms with Crippen LogP contribution in [0.25, 0.3) is 0 Å². The molecule has 2 heterocycles. The first kappa shape index (κ1) is 20.6. The molecular weight excluding hydrogens is 418 g/mol. The minimum absolute atomic E-state index is 0.103. The van der Waals surface area contributed by atoms with Crippen molar-refractivity contribution in [1.82, 2.24) is 15.4 Å². The molecule has 0 aliphatic rings. The van der Waals surface area contributed by atoms with E-state index in [-0.39, 0.29) is 17.4 Å². The van der Waals surface area contributed by atoms with Gasteiger partial charge in [-0.3, -0.25) is 14.9 Å². The number of carbonyl (C=O) groups is 2. The Bertz CT molecular complexity index is 1020. The average Bonchev–Trinajstić information content (AvgIpc) is 3.35. The van der Waals surface area contributed by atoms with Crippen LogP contribution in [0.15, 0.2) is 33.1 Å². The molecule has 2 aromatic heterocycles. The van der Waals surface area contributed by atoms with Gasteiger partial charge in [0, 0.05) is 12.1 Å². The first-order valence-corrected chi connectivity index (χ1v) is 10.0. The third-order valence-electron chi connectivity index (χ3n) is 3.49. The zero-order chi connectivity index (χ0) is 20.8. The highest BCUT2D eigenvalue weighted by Gasteiger charge is 2.15. The lowest BCUT2D eigenvalue weighted by molar-refractivity contribution is -0.113. The van der Waals surface area contributed by atoms with Gasteiger partial charge in [-0.05, 0) is 19.1 Å². The van der Waals surface area contributed by atoms with Crippen molar-refractivity contribution < 1.29 is 23.6 Å². The van der Waals surface area contributed by atoms with Gasteiger partial charge in [0.25, 0.3) is 5.91 Å². The van der Waals surface area contributed by atoms with Crippen LogP contribution in [0.1, 0.15) is 16.2 Å². The molecule has 3 rings (SSSR count). The molecule has 2 N–H and O–H groups in total. The molecule has 0 aliphatic heterocycles. The molecule has 0 spiro atoms. The summed E-state index contributed by atoms with van der Waals surface area (Å²) in [5.41, 5.74) is 0.657. The Balaban J connectivity index is 1.54. The van der Waals surface area contributed by atoms with Crippen molar-refractivity contribution in [2.75, 3.05) is 30.6 Å². The molecule has 0 aliphatic carbocycles. The number of ether oxygens (including phenoxy) is 2. The molecule has 0 unspecified atom stereocenters. The molecular formula is C17H17N5O5S2. The predicted molar refractivity (Wildman–Crippen MR) is 108 cm³/mol. The van der Waals surface area contributed by atoms with E-state index in [1.807, 2.05) is 0 Å². The second-order valence-electron chi connectivity index (χ2n) is 5.55. The van der Waals surface area contributed by atoms with Gasteiger partial charge in [0.15, 0.2) is 10.0 Å². The Morgan fingerprint density at radius 1 is 1.17 bits per heavy atom. The molecule has 0 atom stereocenters. The van der Waals surface area contributed by atoms with Gasteiger partial charge in [0.05, 0.1) is 25.7 Å². The Labute approximate surface area is 174 Å². The average molecular weight is 435 g/mol. The normalized spacial score (nSPS) is 10.4. The lowest BCUT2D eigenvalue weighted by Crippen LogP contribution is -2.14. The van der Waals surface area contributed by atoms with Crippen LogP contribution in [0.5, 0.6) is 11.5 Å². The fraction of sp³-hybridized carbons (Fsp3) is 0.235. The number of rotatable bonds is 8. The lowest BCUT2D eigenvalue weighted by atomic mass is 10.2. The molecule has 0 bridgehead atoms. The SMILES string of the molecule is COc1ccc(OC)c(NC(=O)CSc2nnc(NC(=O)c3cc(C)on3)s2)c1. The van der Waals surface area contributed by atoms with E-state index in [9.17, 15) is 9.59 Å². The van der Waals surface area contributed by atoms with Crippen molar-refractivity contribution in [2.24, 2.45) is 0 Å². The molecule has 152 valence electrons. The fourth-order valence-electron chi connectivity index (χ4n) is 2.18. The van der Waals surface area contributed by atoms with E-state index in [1.54, 1.807) is 32.2 Å². The Morgan fingerprint density at radius 3 is 2.69 bits per heavy atom. The van der Waals surface area contributed by atoms with Crippen molar-refractivity contribution in [3.05, 3.63) is 35.7 Å². The summed E-state index contributed by atoms with van der Waals surface area (Å²) in [6, 6.07) is 6.63. The van der Waals surface area contributed by atoms with Gasteiger partial charge in [-0.15, -0.1) is 10.2 Å².